The van der Waals surface area contributed by atoms with Crippen molar-refractivity contribution in [2.75, 3.05) is 0 Å². The number of amides is 2. The number of carbonyl (C=O) groups is 2. The molecule has 32 heavy (non-hydrogen) atoms. The molecule has 1 aliphatic carbocycles. The molecule has 2 aromatic carbocycles. The van der Waals surface area contributed by atoms with E-state index in [-0.39, 0.29) is 17.6 Å². The van der Waals surface area contributed by atoms with Gasteiger partial charge in [0.1, 0.15) is 5.76 Å². The van der Waals surface area contributed by atoms with Crippen LogP contribution in [0.5, 0.6) is 0 Å². The Labute approximate surface area is 191 Å². The van der Waals surface area contributed by atoms with Gasteiger partial charge in [-0.05, 0) is 50.5 Å². The zero-order valence-electron chi connectivity index (χ0n) is 18.0. The van der Waals surface area contributed by atoms with E-state index in [0.717, 1.165) is 46.6 Å². The highest BCUT2D eigenvalue weighted by atomic mass is 35.5. The van der Waals surface area contributed by atoms with E-state index in [1.165, 1.54) is 0 Å². The van der Waals surface area contributed by atoms with Gasteiger partial charge in [-0.1, -0.05) is 47.5 Å². The van der Waals surface area contributed by atoms with Crippen LogP contribution in [0.25, 0.3) is 0 Å². The van der Waals surface area contributed by atoms with Gasteiger partial charge in [0.25, 0.3) is 11.8 Å². The molecule has 2 N–H and O–H groups in total. The van der Waals surface area contributed by atoms with Crippen molar-refractivity contribution in [2.24, 2.45) is 5.10 Å². The van der Waals surface area contributed by atoms with Crippen molar-refractivity contribution in [3.05, 3.63) is 92.9 Å². The second kappa shape index (κ2) is 9.40. The van der Waals surface area contributed by atoms with Gasteiger partial charge in [0.15, 0.2) is 5.76 Å². The van der Waals surface area contributed by atoms with E-state index in [2.05, 4.69) is 15.8 Å². The molecule has 0 saturated heterocycles. The molecule has 0 aliphatic heterocycles. The quantitative estimate of drug-likeness (QED) is 0.540. The molecule has 4 rings (SSSR count). The fraction of sp³-hybridized carbons (Fsp3) is 0.240. The van der Waals surface area contributed by atoms with E-state index in [4.69, 9.17) is 16.0 Å². The molecule has 0 fully saturated rings. The zero-order chi connectivity index (χ0) is 22.7. The molecule has 1 aliphatic rings. The van der Waals surface area contributed by atoms with Crippen molar-refractivity contribution in [1.29, 1.82) is 0 Å². The predicted molar refractivity (Wildman–Crippen MR) is 124 cm³/mol. The van der Waals surface area contributed by atoms with Gasteiger partial charge in [-0.3, -0.25) is 9.59 Å². The van der Waals surface area contributed by atoms with Crippen molar-refractivity contribution >= 4 is 29.1 Å². The second-order valence-electron chi connectivity index (χ2n) is 7.85. The summed E-state index contributed by atoms with van der Waals surface area (Å²) in [6.07, 6.45) is 2.25. The third-order valence-corrected chi connectivity index (χ3v) is 5.90. The van der Waals surface area contributed by atoms with E-state index in [0.29, 0.717) is 23.6 Å². The molecule has 7 heteroatoms. The van der Waals surface area contributed by atoms with E-state index in [1.54, 1.807) is 18.2 Å². The third kappa shape index (κ3) is 4.60. The number of nitrogens with zero attached hydrogens (tertiary/aromatic N) is 1. The first kappa shape index (κ1) is 21.8. The molecule has 0 saturated carbocycles. The Bertz CT molecular complexity index is 1200. The lowest BCUT2D eigenvalue weighted by Gasteiger charge is -2.13. The van der Waals surface area contributed by atoms with Crippen LogP contribution in [0.3, 0.4) is 0 Å². The van der Waals surface area contributed by atoms with Crippen LogP contribution < -0.4 is 10.7 Å². The summed E-state index contributed by atoms with van der Waals surface area (Å²) in [6.45, 7) is 4.11. The lowest BCUT2D eigenvalue weighted by Crippen LogP contribution is -2.23. The van der Waals surface area contributed by atoms with Crippen molar-refractivity contribution in [1.82, 2.24) is 10.7 Å². The molecule has 3 aromatic rings. The maximum Gasteiger partial charge on any atom is 0.287 e. The van der Waals surface area contributed by atoms with Crippen LogP contribution in [-0.2, 0) is 13.0 Å². The fourth-order valence-corrected chi connectivity index (χ4v) is 3.98. The highest BCUT2D eigenvalue weighted by Gasteiger charge is 2.28. The Hall–Kier alpha value is -3.38. The normalized spacial score (nSPS) is 14.2. The van der Waals surface area contributed by atoms with Crippen molar-refractivity contribution in [2.45, 2.75) is 39.7 Å². The summed E-state index contributed by atoms with van der Waals surface area (Å²) in [5.74, 6) is 0.407. The molecule has 164 valence electrons. The Morgan fingerprint density at radius 1 is 1.03 bits per heavy atom. The van der Waals surface area contributed by atoms with E-state index >= 15 is 0 Å². The standard InChI is InChI=1S/C25H24ClN3O3/c1-15-10-12-17(13-11-15)24(30)29-28-20-8-5-9-21-22(20)16(2)23(32-21)25(31)27-14-18-6-3-4-7-19(18)26/h3-4,6-7,10-13H,5,8-9,14H2,1-2H3,(H,27,31)(H,29,30)/b28-20+. The molecule has 0 unspecified atom stereocenters. The zero-order valence-corrected chi connectivity index (χ0v) is 18.8. The number of benzene rings is 2. The van der Waals surface area contributed by atoms with Gasteiger partial charge in [-0.25, -0.2) is 5.43 Å². The summed E-state index contributed by atoms with van der Waals surface area (Å²) in [7, 11) is 0. The summed E-state index contributed by atoms with van der Waals surface area (Å²) in [5.41, 5.74) is 7.35. The summed E-state index contributed by atoms with van der Waals surface area (Å²) in [5, 5.41) is 7.84. The van der Waals surface area contributed by atoms with Crippen molar-refractivity contribution in [3.63, 3.8) is 0 Å². The van der Waals surface area contributed by atoms with Crippen LogP contribution in [0.15, 0.2) is 58.0 Å². The SMILES string of the molecule is Cc1ccc(C(=O)N/N=C2\CCCc3oc(C(=O)NCc4ccccc4Cl)c(C)c32)cc1. The molecule has 0 atom stereocenters. The van der Waals surface area contributed by atoms with Gasteiger partial charge in [0.2, 0.25) is 0 Å². The molecule has 2 amide bonds. The monoisotopic (exact) mass is 449 g/mol. The Morgan fingerprint density at radius 3 is 2.53 bits per heavy atom. The highest BCUT2D eigenvalue weighted by molar-refractivity contribution is 6.31. The predicted octanol–water partition coefficient (Wildman–Crippen LogP) is 4.95. The lowest BCUT2D eigenvalue weighted by atomic mass is 9.93. The highest BCUT2D eigenvalue weighted by Crippen LogP contribution is 2.30. The molecule has 1 aromatic heterocycles. The number of hydrogen-bond acceptors (Lipinski definition) is 4. The first-order valence-corrected chi connectivity index (χ1v) is 10.9. The first-order chi connectivity index (χ1) is 15.4. The number of rotatable bonds is 5. The number of hydrazone groups is 1. The number of carbonyl (C=O) groups excluding carboxylic acids is 2. The van der Waals surface area contributed by atoms with Crippen LogP contribution >= 0.6 is 11.6 Å². The minimum absolute atomic E-state index is 0.265. The summed E-state index contributed by atoms with van der Waals surface area (Å²) >= 11 is 6.17. The minimum Gasteiger partial charge on any atom is -0.455 e. The lowest BCUT2D eigenvalue weighted by molar-refractivity contribution is 0.0919. The summed E-state index contributed by atoms with van der Waals surface area (Å²) in [4.78, 5) is 25.2. The maximum atomic E-state index is 12.8. The second-order valence-corrected chi connectivity index (χ2v) is 8.25. The Kier molecular flexibility index (Phi) is 6.42. The van der Waals surface area contributed by atoms with Crippen LogP contribution in [-0.4, -0.2) is 17.5 Å². The van der Waals surface area contributed by atoms with Gasteiger partial charge in [0, 0.05) is 34.7 Å². The van der Waals surface area contributed by atoms with Crippen LogP contribution in [0.4, 0.5) is 0 Å². The van der Waals surface area contributed by atoms with Crippen LogP contribution in [0, 0.1) is 13.8 Å². The van der Waals surface area contributed by atoms with Gasteiger partial charge >= 0.3 is 0 Å². The molecule has 1 heterocycles. The van der Waals surface area contributed by atoms with E-state index in [1.807, 2.05) is 44.2 Å². The molecule has 0 spiro atoms. The maximum absolute atomic E-state index is 12.8. The molecule has 0 bridgehead atoms. The van der Waals surface area contributed by atoms with Crippen LogP contribution in [0.1, 0.15) is 61.8 Å². The first-order valence-electron chi connectivity index (χ1n) is 10.5. The molecule has 0 radical (unpaired) electrons. The Balaban J connectivity index is 1.51. The minimum atomic E-state index is -0.306. The fourth-order valence-electron chi connectivity index (χ4n) is 3.78. The topological polar surface area (TPSA) is 83.7 Å². The van der Waals surface area contributed by atoms with E-state index < -0.39 is 0 Å². The number of nitrogens with one attached hydrogen (secondary N) is 2. The van der Waals surface area contributed by atoms with Gasteiger partial charge in [-0.15, -0.1) is 0 Å². The largest absolute Gasteiger partial charge is 0.455 e. The smallest absolute Gasteiger partial charge is 0.287 e. The van der Waals surface area contributed by atoms with Gasteiger partial charge in [-0.2, -0.15) is 5.10 Å². The van der Waals surface area contributed by atoms with Gasteiger partial charge in [0.05, 0.1) is 5.71 Å². The number of aryl methyl sites for hydroxylation is 2. The number of halogens is 1. The van der Waals surface area contributed by atoms with E-state index in [9.17, 15) is 9.59 Å². The Morgan fingerprint density at radius 2 is 1.78 bits per heavy atom. The number of hydrogen-bond donors (Lipinski definition) is 2. The number of fused-ring (bicyclic) bond motifs is 1. The average molecular weight is 450 g/mol. The molecule has 6 nitrogen and oxygen atoms in total. The molecular formula is C25H24ClN3O3. The average Bonchev–Trinajstić information content (AvgIpc) is 3.14. The van der Waals surface area contributed by atoms with Gasteiger partial charge < -0.3 is 9.73 Å². The summed E-state index contributed by atoms with van der Waals surface area (Å²) < 4.78 is 5.91. The van der Waals surface area contributed by atoms with Crippen LogP contribution in [0.2, 0.25) is 5.02 Å². The summed E-state index contributed by atoms with van der Waals surface area (Å²) in [6, 6.07) is 14.7. The van der Waals surface area contributed by atoms with Crippen molar-refractivity contribution in [3.8, 4) is 0 Å². The third-order valence-electron chi connectivity index (χ3n) is 5.54. The van der Waals surface area contributed by atoms with Crippen molar-refractivity contribution < 1.29 is 14.0 Å². The number of furan rings is 1. The molecular weight excluding hydrogens is 426 g/mol.